The average Bonchev–Trinajstić information content (AvgIpc) is 3.19. The molecule has 5 heteroatoms. The Bertz CT molecular complexity index is 1090. The van der Waals surface area contributed by atoms with E-state index in [2.05, 4.69) is 64.3 Å². The highest BCUT2D eigenvalue weighted by molar-refractivity contribution is 9.10. The molecule has 0 aliphatic carbocycles. The molecule has 0 saturated carbocycles. The second-order valence-electron chi connectivity index (χ2n) is 7.41. The summed E-state index contributed by atoms with van der Waals surface area (Å²) in [7, 11) is 1.67. The van der Waals surface area contributed by atoms with Gasteiger partial charge in [-0.1, -0.05) is 48.0 Å². The van der Waals surface area contributed by atoms with Crippen molar-refractivity contribution in [3.05, 3.63) is 93.5 Å². The van der Waals surface area contributed by atoms with Gasteiger partial charge < -0.3 is 9.47 Å². The van der Waals surface area contributed by atoms with Gasteiger partial charge >= 0.3 is 0 Å². The predicted molar refractivity (Wildman–Crippen MR) is 117 cm³/mol. The minimum atomic E-state index is -0.292. The zero-order chi connectivity index (χ0) is 20.0. The summed E-state index contributed by atoms with van der Waals surface area (Å²) in [5, 5.41) is 7.12. The van der Waals surface area contributed by atoms with Gasteiger partial charge in [-0.25, -0.2) is 5.01 Å². The Labute approximate surface area is 178 Å². The van der Waals surface area contributed by atoms with Crippen molar-refractivity contribution in [3.8, 4) is 11.5 Å². The van der Waals surface area contributed by atoms with Crippen LogP contribution in [-0.4, -0.2) is 17.8 Å². The van der Waals surface area contributed by atoms with Crippen LogP contribution in [-0.2, 0) is 0 Å². The highest BCUT2D eigenvalue weighted by atomic mass is 79.9. The molecule has 29 heavy (non-hydrogen) atoms. The van der Waals surface area contributed by atoms with Gasteiger partial charge in [-0.3, -0.25) is 0 Å². The Morgan fingerprint density at radius 1 is 1.07 bits per heavy atom. The van der Waals surface area contributed by atoms with Gasteiger partial charge in [0.1, 0.15) is 11.5 Å². The van der Waals surface area contributed by atoms with Crippen LogP contribution in [0.15, 0.2) is 76.3 Å². The molecule has 3 aromatic rings. The van der Waals surface area contributed by atoms with Crippen LogP contribution in [0.4, 0.5) is 0 Å². The number of aryl methyl sites for hydroxylation is 1. The van der Waals surface area contributed by atoms with Crippen LogP contribution in [0.5, 0.6) is 11.5 Å². The molecule has 0 spiro atoms. The third kappa shape index (κ3) is 3.19. The summed E-state index contributed by atoms with van der Waals surface area (Å²) in [6.45, 7) is 2.10. The molecular formula is C24H21BrN2O2. The molecule has 0 N–H and O–H groups in total. The van der Waals surface area contributed by atoms with Crippen molar-refractivity contribution in [2.24, 2.45) is 5.10 Å². The summed E-state index contributed by atoms with van der Waals surface area (Å²) in [5.74, 6) is 1.72. The van der Waals surface area contributed by atoms with Gasteiger partial charge in [0.2, 0.25) is 6.23 Å². The molecule has 0 fully saturated rings. The number of hydrogen-bond acceptors (Lipinski definition) is 4. The molecule has 4 nitrogen and oxygen atoms in total. The summed E-state index contributed by atoms with van der Waals surface area (Å²) in [4.78, 5) is 0. The molecule has 2 aliphatic rings. The molecule has 2 aliphatic heterocycles. The highest BCUT2D eigenvalue weighted by Gasteiger charge is 2.40. The van der Waals surface area contributed by atoms with E-state index in [1.807, 2.05) is 30.3 Å². The Morgan fingerprint density at radius 3 is 2.62 bits per heavy atom. The molecule has 0 aromatic heterocycles. The fraction of sp³-hybridized carbons (Fsp3) is 0.208. The van der Waals surface area contributed by atoms with Crippen LogP contribution in [0.25, 0.3) is 0 Å². The highest BCUT2D eigenvalue weighted by Crippen LogP contribution is 2.48. The minimum Gasteiger partial charge on any atom is -0.496 e. The zero-order valence-corrected chi connectivity index (χ0v) is 17.9. The lowest BCUT2D eigenvalue weighted by Gasteiger charge is -2.38. The normalized spacial score (nSPS) is 19.8. The molecule has 5 rings (SSSR count). The van der Waals surface area contributed by atoms with Crippen LogP contribution >= 0.6 is 15.9 Å². The van der Waals surface area contributed by atoms with Gasteiger partial charge in [-0.2, -0.15) is 5.10 Å². The van der Waals surface area contributed by atoms with Gasteiger partial charge in [-0.05, 0) is 52.7 Å². The van der Waals surface area contributed by atoms with Crippen LogP contribution in [0.1, 0.15) is 40.9 Å². The van der Waals surface area contributed by atoms with Crippen LogP contribution in [0.2, 0.25) is 0 Å². The Hall–Kier alpha value is -2.79. The third-order valence-corrected chi connectivity index (χ3v) is 6.16. The molecule has 0 radical (unpaired) electrons. The number of halogens is 1. The van der Waals surface area contributed by atoms with Gasteiger partial charge in [0.05, 0.1) is 23.3 Å². The van der Waals surface area contributed by atoms with Crippen molar-refractivity contribution < 1.29 is 9.47 Å². The lowest BCUT2D eigenvalue weighted by molar-refractivity contribution is -0.0190. The van der Waals surface area contributed by atoms with Crippen molar-refractivity contribution in [1.29, 1.82) is 0 Å². The van der Waals surface area contributed by atoms with Crippen molar-refractivity contribution in [1.82, 2.24) is 5.01 Å². The van der Waals surface area contributed by atoms with E-state index in [1.165, 1.54) is 11.1 Å². The molecule has 0 saturated heterocycles. The number of methoxy groups -OCH3 is 1. The van der Waals surface area contributed by atoms with E-state index in [0.717, 1.165) is 39.2 Å². The number of para-hydroxylation sites is 1. The third-order valence-electron chi connectivity index (χ3n) is 5.54. The lowest BCUT2D eigenvalue weighted by atomic mass is 9.95. The molecule has 2 unspecified atom stereocenters. The molecule has 146 valence electrons. The number of rotatable bonds is 3. The average molecular weight is 449 g/mol. The monoisotopic (exact) mass is 448 g/mol. The smallest absolute Gasteiger partial charge is 0.213 e. The number of benzene rings is 3. The molecule has 3 aromatic carbocycles. The predicted octanol–water partition coefficient (Wildman–Crippen LogP) is 6.01. The molecule has 2 heterocycles. The van der Waals surface area contributed by atoms with E-state index in [4.69, 9.17) is 14.6 Å². The van der Waals surface area contributed by atoms with E-state index >= 15 is 0 Å². The van der Waals surface area contributed by atoms with Crippen LogP contribution in [0, 0.1) is 6.92 Å². The van der Waals surface area contributed by atoms with Crippen molar-refractivity contribution in [3.63, 3.8) is 0 Å². The fourth-order valence-corrected chi connectivity index (χ4v) is 4.57. The summed E-state index contributed by atoms with van der Waals surface area (Å²) in [5.41, 5.74) is 5.72. The Balaban J connectivity index is 1.58. The van der Waals surface area contributed by atoms with E-state index in [0.29, 0.717) is 0 Å². The van der Waals surface area contributed by atoms with E-state index < -0.39 is 0 Å². The first-order chi connectivity index (χ1) is 14.1. The second-order valence-corrected chi connectivity index (χ2v) is 8.27. The van der Waals surface area contributed by atoms with Crippen molar-refractivity contribution >= 4 is 21.6 Å². The lowest BCUT2D eigenvalue weighted by Crippen LogP contribution is -2.33. The van der Waals surface area contributed by atoms with E-state index in [1.54, 1.807) is 7.11 Å². The number of nitrogens with zero attached hydrogens (tertiary/aromatic N) is 2. The number of ether oxygens (including phenoxy) is 2. The number of hydrazone groups is 1. The van der Waals surface area contributed by atoms with Crippen LogP contribution in [0.3, 0.4) is 0 Å². The fourth-order valence-electron chi connectivity index (χ4n) is 4.01. The number of hydrogen-bond donors (Lipinski definition) is 0. The maximum absolute atomic E-state index is 6.42. The van der Waals surface area contributed by atoms with E-state index in [-0.39, 0.29) is 12.3 Å². The quantitative estimate of drug-likeness (QED) is 0.491. The first kappa shape index (κ1) is 18.3. The molecule has 0 amide bonds. The number of fused-ring (bicyclic) bond motifs is 3. The second kappa shape index (κ2) is 7.23. The standard InChI is InChI=1S/C24H21BrN2O2/c1-15-7-9-16(10-8-15)20-14-21-18-5-3-4-6-22(18)29-24(27(21)26-20)17-11-12-23(28-2)19(25)13-17/h3-13,21,24H,14H2,1-2H3. The van der Waals surface area contributed by atoms with Crippen molar-refractivity contribution in [2.75, 3.05) is 7.11 Å². The first-order valence-corrected chi connectivity index (χ1v) is 10.5. The van der Waals surface area contributed by atoms with E-state index in [9.17, 15) is 0 Å². The Kier molecular flexibility index (Phi) is 4.55. The molecule has 2 atom stereocenters. The first-order valence-electron chi connectivity index (χ1n) is 9.66. The maximum atomic E-state index is 6.42. The topological polar surface area (TPSA) is 34.1 Å². The van der Waals surface area contributed by atoms with Gasteiger partial charge in [0, 0.05) is 17.5 Å². The Morgan fingerprint density at radius 2 is 1.86 bits per heavy atom. The summed E-state index contributed by atoms with van der Waals surface area (Å²) in [6, 6.07) is 23.0. The largest absolute Gasteiger partial charge is 0.496 e. The van der Waals surface area contributed by atoms with Gasteiger partial charge in [0.25, 0.3) is 0 Å². The maximum Gasteiger partial charge on any atom is 0.213 e. The minimum absolute atomic E-state index is 0.155. The molecule has 0 bridgehead atoms. The molecular weight excluding hydrogens is 428 g/mol. The van der Waals surface area contributed by atoms with Gasteiger partial charge in [-0.15, -0.1) is 0 Å². The summed E-state index contributed by atoms with van der Waals surface area (Å²) in [6.07, 6.45) is 0.567. The summed E-state index contributed by atoms with van der Waals surface area (Å²) < 4.78 is 12.7. The summed E-state index contributed by atoms with van der Waals surface area (Å²) >= 11 is 3.60. The van der Waals surface area contributed by atoms with Crippen molar-refractivity contribution in [2.45, 2.75) is 25.6 Å². The van der Waals surface area contributed by atoms with Gasteiger partial charge in [0.15, 0.2) is 0 Å². The van der Waals surface area contributed by atoms with Crippen LogP contribution < -0.4 is 9.47 Å². The SMILES string of the molecule is COc1ccc(C2Oc3ccccc3C3CC(c4ccc(C)cc4)=NN32)cc1Br. The zero-order valence-electron chi connectivity index (χ0n) is 16.3.